The van der Waals surface area contributed by atoms with Crippen LogP contribution in [0.3, 0.4) is 0 Å². The quantitative estimate of drug-likeness (QED) is 0.608. The van der Waals surface area contributed by atoms with Gasteiger partial charge in [-0.25, -0.2) is 9.18 Å². The lowest BCUT2D eigenvalue weighted by Crippen LogP contribution is -2.38. The average Bonchev–Trinajstić information content (AvgIpc) is 2.41. The van der Waals surface area contributed by atoms with Gasteiger partial charge in [0, 0.05) is 13.1 Å². The summed E-state index contributed by atoms with van der Waals surface area (Å²) in [6.07, 6.45) is 0.648. The maximum atomic E-state index is 12.7. The molecule has 0 aromatic heterocycles. The molecule has 0 fully saturated rings. The molecule has 1 aromatic rings. The van der Waals surface area contributed by atoms with Crippen molar-refractivity contribution in [2.24, 2.45) is 0 Å². The monoisotopic (exact) mass is 270 g/mol. The summed E-state index contributed by atoms with van der Waals surface area (Å²) >= 11 is 0. The van der Waals surface area contributed by atoms with Gasteiger partial charge < -0.3 is 20.5 Å². The van der Waals surface area contributed by atoms with E-state index in [9.17, 15) is 9.18 Å². The fraction of sp³-hybridized carbons (Fsp3) is 0.462. The van der Waals surface area contributed by atoms with E-state index in [1.807, 2.05) is 0 Å². The largest absolute Gasteiger partial charge is 0.394 e. The molecule has 2 amide bonds. The number of rotatable bonds is 8. The highest BCUT2D eigenvalue weighted by Gasteiger charge is 1.99. The van der Waals surface area contributed by atoms with E-state index in [1.54, 1.807) is 12.1 Å². The molecular weight excluding hydrogens is 251 g/mol. The van der Waals surface area contributed by atoms with Gasteiger partial charge in [-0.05, 0) is 24.1 Å². The van der Waals surface area contributed by atoms with Gasteiger partial charge in [0.25, 0.3) is 0 Å². The van der Waals surface area contributed by atoms with E-state index in [-0.39, 0.29) is 25.1 Å². The third-order valence-electron chi connectivity index (χ3n) is 2.38. The van der Waals surface area contributed by atoms with E-state index in [0.29, 0.717) is 26.1 Å². The number of carbonyl (C=O) groups is 1. The molecule has 0 saturated carbocycles. The third kappa shape index (κ3) is 7.38. The van der Waals surface area contributed by atoms with E-state index >= 15 is 0 Å². The second-order valence-corrected chi connectivity index (χ2v) is 3.90. The summed E-state index contributed by atoms with van der Waals surface area (Å²) in [6.45, 7) is 1.49. The summed E-state index contributed by atoms with van der Waals surface area (Å²) in [6, 6.07) is 5.91. The number of ether oxygens (including phenoxy) is 1. The molecule has 0 radical (unpaired) electrons. The van der Waals surface area contributed by atoms with E-state index in [2.05, 4.69) is 10.6 Å². The zero-order chi connectivity index (χ0) is 13.9. The number of nitrogens with one attached hydrogen (secondary N) is 2. The Morgan fingerprint density at radius 3 is 2.53 bits per heavy atom. The first-order valence-corrected chi connectivity index (χ1v) is 6.17. The number of hydrogen-bond donors (Lipinski definition) is 3. The number of amides is 2. The number of hydrogen-bond acceptors (Lipinski definition) is 3. The highest BCUT2D eigenvalue weighted by Crippen LogP contribution is 2.02. The van der Waals surface area contributed by atoms with Gasteiger partial charge in [0.15, 0.2) is 0 Å². The molecule has 1 rings (SSSR count). The summed E-state index contributed by atoms with van der Waals surface area (Å²) in [5.74, 6) is -0.266. The topological polar surface area (TPSA) is 70.6 Å². The minimum atomic E-state index is -0.269. The predicted molar refractivity (Wildman–Crippen MR) is 69.4 cm³/mol. The Morgan fingerprint density at radius 2 is 1.84 bits per heavy atom. The van der Waals surface area contributed by atoms with Crippen molar-refractivity contribution < 1.29 is 19.0 Å². The van der Waals surface area contributed by atoms with Crippen LogP contribution in [0, 0.1) is 5.82 Å². The van der Waals surface area contributed by atoms with Crippen molar-refractivity contribution in [3.05, 3.63) is 35.6 Å². The Hall–Kier alpha value is -1.66. The van der Waals surface area contributed by atoms with Crippen molar-refractivity contribution in [3.63, 3.8) is 0 Å². The SMILES string of the molecule is O=C(NCCOCCO)NCCc1ccc(F)cc1. The Morgan fingerprint density at radius 1 is 1.16 bits per heavy atom. The van der Waals surface area contributed by atoms with E-state index < -0.39 is 0 Å². The van der Waals surface area contributed by atoms with Crippen LogP contribution in [0.5, 0.6) is 0 Å². The zero-order valence-electron chi connectivity index (χ0n) is 10.7. The molecule has 0 atom stereocenters. The molecule has 0 spiro atoms. The first kappa shape index (κ1) is 15.4. The summed E-state index contributed by atoms with van der Waals surface area (Å²) in [5.41, 5.74) is 0.966. The maximum absolute atomic E-state index is 12.7. The second-order valence-electron chi connectivity index (χ2n) is 3.90. The van der Waals surface area contributed by atoms with Crippen molar-refractivity contribution in [1.82, 2.24) is 10.6 Å². The van der Waals surface area contributed by atoms with Crippen molar-refractivity contribution in [3.8, 4) is 0 Å². The van der Waals surface area contributed by atoms with Crippen molar-refractivity contribution in [2.45, 2.75) is 6.42 Å². The van der Waals surface area contributed by atoms with Gasteiger partial charge in [-0.1, -0.05) is 12.1 Å². The van der Waals surface area contributed by atoms with Crippen LogP contribution >= 0.6 is 0 Å². The molecule has 6 heteroatoms. The van der Waals surface area contributed by atoms with Crippen LogP contribution in [0.1, 0.15) is 5.56 Å². The highest BCUT2D eigenvalue weighted by molar-refractivity contribution is 5.73. The Balaban J connectivity index is 2.05. The number of urea groups is 1. The van der Waals surface area contributed by atoms with E-state index in [0.717, 1.165) is 5.56 Å². The number of aliphatic hydroxyl groups is 1. The Bertz CT molecular complexity index is 371. The van der Waals surface area contributed by atoms with Crippen LogP contribution in [-0.2, 0) is 11.2 Å². The first-order chi connectivity index (χ1) is 9.22. The predicted octanol–water partition coefficient (Wildman–Crippen LogP) is 0.676. The van der Waals surface area contributed by atoms with Crippen molar-refractivity contribution in [1.29, 1.82) is 0 Å². The van der Waals surface area contributed by atoms with Gasteiger partial charge >= 0.3 is 6.03 Å². The normalized spacial score (nSPS) is 10.2. The maximum Gasteiger partial charge on any atom is 0.314 e. The number of carbonyl (C=O) groups excluding carboxylic acids is 1. The molecule has 0 bridgehead atoms. The molecule has 3 N–H and O–H groups in total. The minimum absolute atomic E-state index is 0.0239. The van der Waals surface area contributed by atoms with Crippen molar-refractivity contribution in [2.75, 3.05) is 32.9 Å². The van der Waals surface area contributed by atoms with Gasteiger partial charge in [0.05, 0.1) is 19.8 Å². The van der Waals surface area contributed by atoms with Gasteiger partial charge in [0.2, 0.25) is 0 Å². The molecule has 0 saturated heterocycles. The molecule has 106 valence electrons. The molecule has 0 aliphatic rings. The van der Waals surface area contributed by atoms with Gasteiger partial charge in [0.1, 0.15) is 5.82 Å². The van der Waals surface area contributed by atoms with Crippen LogP contribution in [0.25, 0.3) is 0 Å². The third-order valence-corrected chi connectivity index (χ3v) is 2.38. The van der Waals surface area contributed by atoms with Gasteiger partial charge in [-0.2, -0.15) is 0 Å². The molecule has 19 heavy (non-hydrogen) atoms. The summed E-state index contributed by atoms with van der Waals surface area (Å²) in [5, 5.41) is 13.8. The van der Waals surface area contributed by atoms with Crippen LogP contribution in [0.2, 0.25) is 0 Å². The summed E-state index contributed by atoms with van der Waals surface area (Å²) in [4.78, 5) is 11.3. The van der Waals surface area contributed by atoms with E-state index in [1.165, 1.54) is 12.1 Å². The highest BCUT2D eigenvalue weighted by atomic mass is 19.1. The first-order valence-electron chi connectivity index (χ1n) is 6.17. The standard InChI is InChI=1S/C13H19FN2O3/c14-12-3-1-11(2-4-12)5-6-15-13(18)16-7-9-19-10-8-17/h1-4,17H,5-10H2,(H2,15,16,18). The zero-order valence-corrected chi connectivity index (χ0v) is 10.7. The number of benzene rings is 1. The van der Waals surface area contributed by atoms with E-state index in [4.69, 9.17) is 9.84 Å². The lowest BCUT2D eigenvalue weighted by Gasteiger charge is -2.07. The molecule has 0 unspecified atom stereocenters. The number of halogens is 1. The summed E-state index contributed by atoms with van der Waals surface area (Å²) < 4.78 is 17.6. The lowest BCUT2D eigenvalue weighted by atomic mass is 10.1. The smallest absolute Gasteiger partial charge is 0.314 e. The average molecular weight is 270 g/mol. The summed E-state index contributed by atoms with van der Waals surface area (Å²) in [7, 11) is 0. The molecular formula is C13H19FN2O3. The van der Waals surface area contributed by atoms with Crippen LogP contribution in [0.15, 0.2) is 24.3 Å². The fourth-order valence-electron chi connectivity index (χ4n) is 1.44. The minimum Gasteiger partial charge on any atom is -0.394 e. The second kappa shape index (κ2) is 9.29. The van der Waals surface area contributed by atoms with Gasteiger partial charge in [-0.3, -0.25) is 0 Å². The van der Waals surface area contributed by atoms with Crippen LogP contribution in [0.4, 0.5) is 9.18 Å². The Labute approximate surface area is 111 Å². The Kier molecular flexibility index (Phi) is 7.53. The fourth-order valence-corrected chi connectivity index (χ4v) is 1.44. The molecule has 0 aliphatic heterocycles. The molecule has 0 aliphatic carbocycles. The molecule has 1 aromatic carbocycles. The van der Waals surface area contributed by atoms with Crippen molar-refractivity contribution >= 4 is 6.03 Å². The number of aliphatic hydroxyl groups excluding tert-OH is 1. The van der Waals surface area contributed by atoms with Crippen LogP contribution < -0.4 is 10.6 Å². The lowest BCUT2D eigenvalue weighted by molar-refractivity contribution is 0.0947. The molecule has 0 heterocycles. The van der Waals surface area contributed by atoms with Gasteiger partial charge in [-0.15, -0.1) is 0 Å². The van der Waals surface area contributed by atoms with Crippen LogP contribution in [-0.4, -0.2) is 44.0 Å². The molecule has 5 nitrogen and oxygen atoms in total.